The normalized spacial score (nSPS) is 23.5. The molecule has 0 aliphatic carbocycles. The van der Waals surface area contributed by atoms with E-state index in [9.17, 15) is 0 Å². The summed E-state index contributed by atoms with van der Waals surface area (Å²) in [7, 11) is 2.20. The van der Waals surface area contributed by atoms with E-state index < -0.39 is 0 Å². The lowest BCUT2D eigenvalue weighted by Crippen LogP contribution is -2.52. The Balaban J connectivity index is 1.59. The first-order valence-electron chi connectivity index (χ1n) is 6.73. The molecule has 0 saturated carbocycles. The molecule has 2 heterocycles. The number of nitrogens with zero attached hydrogens (tertiary/aromatic N) is 1. The van der Waals surface area contributed by atoms with Crippen LogP contribution in [0.5, 0.6) is 5.75 Å². The van der Waals surface area contributed by atoms with Crippen molar-refractivity contribution in [3.05, 3.63) is 23.8 Å². The molecule has 3 rings (SSSR count). The summed E-state index contributed by atoms with van der Waals surface area (Å²) in [4.78, 5) is 2.42. The van der Waals surface area contributed by atoms with E-state index in [0.29, 0.717) is 6.04 Å². The quantitative estimate of drug-likeness (QED) is 0.833. The maximum absolute atomic E-state index is 5.52. The predicted molar refractivity (Wildman–Crippen MR) is 73.4 cm³/mol. The second-order valence-corrected chi connectivity index (χ2v) is 5.14. The van der Waals surface area contributed by atoms with Crippen molar-refractivity contribution in [3.63, 3.8) is 0 Å². The molecule has 18 heavy (non-hydrogen) atoms. The van der Waals surface area contributed by atoms with Crippen LogP contribution in [-0.4, -0.2) is 50.8 Å². The van der Waals surface area contributed by atoms with Crippen LogP contribution in [-0.2, 0) is 6.42 Å². The van der Waals surface area contributed by atoms with Gasteiger partial charge in [-0.15, -0.1) is 0 Å². The van der Waals surface area contributed by atoms with Gasteiger partial charge in [-0.1, -0.05) is 0 Å². The maximum atomic E-state index is 5.52. The molecular formula is C14H21N3O. The Labute approximate surface area is 108 Å². The lowest BCUT2D eigenvalue weighted by atomic mass is 10.1. The molecule has 4 heteroatoms. The summed E-state index contributed by atoms with van der Waals surface area (Å²) >= 11 is 0. The van der Waals surface area contributed by atoms with Crippen LogP contribution in [0.3, 0.4) is 0 Å². The van der Waals surface area contributed by atoms with Gasteiger partial charge in [-0.2, -0.15) is 0 Å². The highest BCUT2D eigenvalue weighted by Gasteiger charge is 2.18. The molecular weight excluding hydrogens is 226 g/mol. The zero-order valence-electron chi connectivity index (χ0n) is 10.9. The lowest BCUT2D eigenvalue weighted by molar-refractivity contribution is 0.209. The average Bonchev–Trinajstić information content (AvgIpc) is 2.85. The lowest BCUT2D eigenvalue weighted by Gasteiger charge is -2.33. The van der Waals surface area contributed by atoms with E-state index in [1.165, 1.54) is 11.3 Å². The van der Waals surface area contributed by atoms with E-state index in [0.717, 1.165) is 45.0 Å². The molecule has 0 bridgehead atoms. The van der Waals surface area contributed by atoms with Gasteiger partial charge in [-0.3, -0.25) is 4.90 Å². The summed E-state index contributed by atoms with van der Waals surface area (Å²) in [6.45, 7) is 5.11. The van der Waals surface area contributed by atoms with Gasteiger partial charge in [0, 0.05) is 44.3 Å². The van der Waals surface area contributed by atoms with Gasteiger partial charge in [0.2, 0.25) is 0 Å². The van der Waals surface area contributed by atoms with Crippen molar-refractivity contribution < 1.29 is 4.74 Å². The van der Waals surface area contributed by atoms with E-state index in [1.54, 1.807) is 0 Å². The summed E-state index contributed by atoms with van der Waals surface area (Å²) in [5.41, 5.74) is 2.54. The van der Waals surface area contributed by atoms with Crippen LogP contribution in [0.15, 0.2) is 18.2 Å². The second kappa shape index (κ2) is 5.16. The standard InChI is InChI=1S/C14H21N3O/c1-17-6-5-15-9-13(17)10-16-12-2-3-14-11(8-12)4-7-18-14/h2-3,8,13,15-16H,4-7,9-10H2,1H3. The molecule has 2 aliphatic heterocycles. The fraction of sp³-hybridized carbons (Fsp3) is 0.571. The Bertz CT molecular complexity index is 422. The van der Waals surface area contributed by atoms with Crippen LogP contribution in [0.25, 0.3) is 0 Å². The number of nitrogens with one attached hydrogen (secondary N) is 2. The van der Waals surface area contributed by atoms with Crippen LogP contribution < -0.4 is 15.4 Å². The predicted octanol–water partition coefficient (Wildman–Crippen LogP) is 0.937. The molecule has 0 aromatic heterocycles. The minimum atomic E-state index is 0.572. The Morgan fingerprint density at radius 1 is 1.50 bits per heavy atom. The van der Waals surface area contributed by atoms with Crippen LogP contribution in [0, 0.1) is 0 Å². The van der Waals surface area contributed by atoms with Gasteiger partial charge in [0.15, 0.2) is 0 Å². The SMILES string of the molecule is CN1CCNCC1CNc1ccc2c(c1)CCO2. The van der Waals surface area contributed by atoms with E-state index in [2.05, 4.69) is 40.8 Å². The molecule has 1 fully saturated rings. The number of hydrogen-bond donors (Lipinski definition) is 2. The number of piperazine rings is 1. The zero-order chi connectivity index (χ0) is 12.4. The molecule has 2 N–H and O–H groups in total. The molecule has 1 atom stereocenters. The van der Waals surface area contributed by atoms with E-state index in [-0.39, 0.29) is 0 Å². The van der Waals surface area contributed by atoms with Crippen LogP contribution >= 0.6 is 0 Å². The smallest absolute Gasteiger partial charge is 0.122 e. The minimum Gasteiger partial charge on any atom is -0.493 e. The van der Waals surface area contributed by atoms with Crippen LogP contribution in [0.1, 0.15) is 5.56 Å². The summed E-state index contributed by atoms with van der Waals surface area (Å²) < 4.78 is 5.52. The number of fused-ring (bicyclic) bond motifs is 1. The van der Waals surface area contributed by atoms with Crippen molar-refractivity contribution in [1.29, 1.82) is 0 Å². The van der Waals surface area contributed by atoms with Gasteiger partial charge in [-0.25, -0.2) is 0 Å². The van der Waals surface area contributed by atoms with Crippen molar-refractivity contribution in [2.45, 2.75) is 12.5 Å². The summed E-state index contributed by atoms with van der Waals surface area (Å²) in [6.07, 6.45) is 1.04. The molecule has 4 nitrogen and oxygen atoms in total. The highest BCUT2D eigenvalue weighted by molar-refractivity contribution is 5.52. The molecule has 1 saturated heterocycles. The van der Waals surface area contributed by atoms with E-state index in [1.807, 2.05) is 0 Å². The summed E-state index contributed by atoms with van der Waals surface area (Å²) in [5.74, 6) is 1.05. The molecule has 1 aromatic carbocycles. The Kier molecular flexibility index (Phi) is 3.39. The van der Waals surface area contributed by atoms with E-state index in [4.69, 9.17) is 4.74 Å². The van der Waals surface area contributed by atoms with Crippen molar-refractivity contribution in [3.8, 4) is 5.75 Å². The molecule has 1 unspecified atom stereocenters. The Hall–Kier alpha value is -1.26. The molecule has 0 spiro atoms. The molecule has 0 radical (unpaired) electrons. The van der Waals surface area contributed by atoms with Gasteiger partial charge in [0.25, 0.3) is 0 Å². The molecule has 2 aliphatic rings. The first kappa shape index (κ1) is 11.8. The summed E-state index contributed by atoms with van der Waals surface area (Å²) in [6, 6.07) is 6.98. The van der Waals surface area contributed by atoms with Gasteiger partial charge < -0.3 is 15.4 Å². The number of benzene rings is 1. The van der Waals surface area contributed by atoms with Crippen molar-refractivity contribution in [2.24, 2.45) is 0 Å². The van der Waals surface area contributed by atoms with Gasteiger partial charge >= 0.3 is 0 Å². The number of hydrogen-bond acceptors (Lipinski definition) is 4. The number of anilines is 1. The highest BCUT2D eigenvalue weighted by atomic mass is 16.5. The number of ether oxygens (including phenoxy) is 1. The first-order valence-corrected chi connectivity index (χ1v) is 6.73. The maximum Gasteiger partial charge on any atom is 0.122 e. The third-order valence-corrected chi connectivity index (χ3v) is 3.88. The van der Waals surface area contributed by atoms with E-state index >= 15 is 0 Å². The fourth-order valence-electron chi connectivity index (χ4n) is 2.62. The average molecular weight is 247 g/mol. The topological polar surface area (TPSA) is 36.5 Å². The van der Waals surface area contributed by atoms with Gasteiger partial charge in [0.1, 0.15) is 5.75 Å². The molecule has 0 amide bonds. The monoisotopic (exact) mass is 247 g/mol. The molecule has 1 aromatic rings. The third-order valence-electron chi connectivity index (χ3n) is 3.88. The largest absolute Gasteiger partial charge is 0.493 e. The molecule has 98 valence electrons. The first-order chi connectivity index (χ1) is 8.83. The summed E-state index contributed by atoms with van der Waals surface area (Å²) in [5, 5.41) is 6.98. The van der Waals surface area contributed by atoms with Crippen molar-refractivity contribution in [1.82, 2.24) is 10.2 Å². The number of rotatable bonds is 3. The fourth-order valence-corrected chi connectivity index (χ4v) is 2.62. The van der Waals surface area contributed by atoms with Crippen LogP contribution in [0.2, 0.25) is 0 Å². The Morgan fingerprint density at radius 2 is 2.44 bits per heavy atom. The second-order valence-electron chi connectivity index (χ2n) is 5.14. The van der Waals surface area contributed by atoms with Crippen molar-refractivity contribution >= 4 is 5.69 Å². The third kappa shape index (κ3) is 2.44. The highest BCUT2D eigenvalue weighted by Crippen LogP contribution is 2.27. The van der Waals surface area contributed by atoms with Gasteiger partial charge in [0.05, 0.1) is 6.61 Å². The minimum absolute atomic E-state index is 0.572. The van der Waals surface area contributed by atoms with Crippen LogP contribution in [0.4, 0.5) is 5.69 Å². The Morgan fingerprint density at radius 3 is 3.33 bits per heavy atom. The zero-order valence-corrected chi connectivity index (χ0v) is 10.9. The van der Waals surface area contributed by atoms with Crippen molar-refractivity contribution in [2.75, 3.05) is 45.2 Å². The number of likely N-dealkylation sites (N-methyl/N-ethyl adjacent to an activating group) is 1. The van der Waals surface area contributed by atoms with Gasteiger partial charge in [-0.05, 0) is 30.8 Å².